The number of aromatic nitrogens is 2. The largest absolute Gasteiger partial charge is 0.456 e. The number of halogens is 3. The Hall–Kier alpha value is -1.74. The fourth-order valence-corrected chi connectivity index (χ4v) is 3.09. The molecule has 0 aliphatic carbocycles. The van der Waals surface area contributed by atoms with Gasteiger partial charge in [0.1, 0.15) is 11.7 Å². The fourth-order valence-electron chi connectivity index (χ4n) is 1.77. The Morgan fingerprint density at radius 2 is 2.18 bits per heavy atom. The Labute approximate surface area is 142 Å². The van der Waals surface area contributed by atoms with Gasteiger partial charge in [0.25, 0.3) is 6.47 Å². The molecule has 3 N–H and O–H groups in total. The number of benzene rings is 1. The zero-order valence-corrected chi connectivity index (χ0v) is 14.2. The van der Waals surface area contributed by atoms with Crippen molar-refractivity contribution in [3.8, 4) is 0 Å². The van der Waals surface area contributed by atoms with E-state index in [9.17, 15) is 9.18 Å². The van der Waals surface area contributed by atoms with E-state index in [-0.39, 0.29) is 18.7 Å². The number of nitrogens with zero attached hydrogens (tertiary/aromatic N) is 1. The molecule has 1 heterocycles. The van der Waals surface area contributed by atoms with E-state index in [2.05, 4.69) is 47.4 Å². The lowest BCUT2D eigenvalue weighted by Crippen LogP contribution is -2.31. The lowest BCUT2D eigenvalue weighted by atomic mass is 10.1. The van der Waals surface area contributed by atoms with Crippen molar-refractivity contribution in [3.63, 3.8) is 0 Å². The minimum absolute atomic E-state index is 0.0405. The van der Waals surface area contributed by atoms with E-state index in [0.29, 0.717) is 14.6 Å². The molecule has 1 aromatic carbocycles. The summed E-state index contributed by atoms with van der Waals surface area (Å²) in [7, 11) is 0. The van der Waals surface area contributed by atoms with Crippen molar-refractivity contribution in [2.24, 2.45) is 0 Å². The smallest absolute Gasteiger partial charge is 0.293 e. The molecule has 0 bridgehead atoms. The maximum absolute atomic E-state index is 13.3. The van der Waals surface area contributed by atoms with Gasteiger partial charge in [0.05, 0.1) is 11.9 Å². The lowest BCUT2D eigenvalue weighted by molar-refractivity contribution is -0.130. The Morgan fingerprint density at radius 1 is 1.50 bits per heavy atom. The highest BCUT2D eigenvalue weighted by Gasteiger charge is 2.19. The van der Waals surface area contributed by atoms with Gasteiger partial charge >= 0.3 is 0 Å². The Kier molecular flexibility index (Phi) is 5.67. The standard InChI is InChI=1S/C13H11Br2FN4O2/c14-9-2-8(16)3-10(15)12(9)20-13(17)11(22-6-21)1-7-4-18-19-5-7/h2-6,11H,1H2,(H2,17,20)(H,18,19). The third-order valence-electron chi connectivity index (χ3n) is 2.78. The topological polar surface area (TPSA) is 90.9 Å². The third-order valence-corrected chi connectivity index (χ3v) is 4.04. The van der Waals surface area contributed by atoms with Gasteiger partial charge in [-0.3, -0.25) is 15.3 Å². The zero-order valence-electron chi connectivity index (χ0n) is 11.1. The summed E-state index contributed by atoms with van der Waals surface area (Å²) in [4.78, 5) is 10.6. The van der Waals surface area contributed by atoms with Crippen molar-refractivity contribution < 1.29 is 13.9 Å². The highest BCUT2D eigenvalue weighted by Crippen LogP contribution is 2.32. The maximum atomic E-state index is 13.3. The number of H-pyrrole nitrogens is 1. The minimum Gasteiger partial charge on any atom is -0.456 e. The molecular formula is C13H11Br2FN4O2. The van der Waals surface area contributed by atoms with E-state index >= 15 is 0 Å². The number of hydrogen-bond acceptors (Lipinski definition) is 4. The van der Waals surface area contributed by atoms with Crippen LogP contribution in [0.3, 0.4) is 0 Å². The van der Waals surface area contributed by atoms with Crippen LogP contribution in [-0.2, 0) is 16.0 Å². The summed E-state index contributed by atoms with van der Waals surface area (Å²) in [6, 6.07) is 2.54. The molecule has 116 valence electrons. The molecule has 0 saturated heterocycles. The molecule has 1 aromatic heterocycles. The molecular weight excluding hydrogens is 423 g/mol. The molecule has 2 rings (SSSR count). The molecule has 0 amide bonds. The lowest BCUT2D eigenvalue weighted by Gasteiger charge is -2.18. The summed E-state index contributed by atoms with van der Waals surface area (Å²) >= 11 is 6.44. The molecule has 0 radical (unpaired) electrons. The van der Waals surface area contributed by atoms with E-state index in [1.54, 1.807) is 12.4 Å². The molecule has 0 fully saturated rings. The summed E-state index contributed by atoms with van der Waals surface area (Å²) in [5.74, 6) is -0.462. The first-order valence-corrected chi connectivity index (χ1v) is 7.66. The summed E-state index contributed by atoms with van der Waals surface area (Å²) in [6.45, 7) is 0.287. The number of carbonyl (C=O) groups is 1. The number of hydrogen-bond donors (Lipinski definition) is 3. The Balaban J connectivity index is 2.16. The number of nitrogens with one attached hydrogen (secondary N) is 3. The Bertz CT molecular complexity index is 656. The van der Waals surface area contributed by atoms with Gasteiger partial charge in [-0.15, -0.1) is 0 Å². The average molecular weight is 434 g/mol. The van der Waals surface area contributed by atoms with Crippen molar-refractivity contribution in [2.75, 3.05) is 5.32 Å². The van der Waals surface area contributed by atoms with Crippen LogP contribution in [0, 0.1) is 11.2 Å². The number of carbonyl (C=O) groups excluding carboxylic acids is 1. The van der Waals surface area contributed by atoms with Crippen LogP contribution in [-0.4, -0.2) is 28.6 Å². The maximum Gasteiger partial charge on any atom is 0.293 e. The van der Waals surface area contributed by atoms with E-state index in [1.807, 2.05) is 0 Å². The second-order valence-corrected chi connectivity index (χ2v) is 6.02. The first kappa shape index (κ1) is 16.6. The highest BCUT2D eigenvalue weighted by atomic mass is 79.9. The molecule has 22 heavy (non-hydrogen) atoms. The van der Waals surface area contributed by atoms with Gasteiger partial charge in [0.2, 0.25) is 0 Å². The summed E-state index contributed by atoms with van der Waals surface area (Å²) in [6.07, 6.45) is 2.72. The van der Waals surface area contributed by atoms with Crippen molar-refractivity contribution in [3.05, 3.63) is 44.9 Å². The summed E-state index contributed by atoms with van der Waals surface area (Å²) < 4.78 is 19.1. The van der Waals surface area contributed by atoms with Gasteiger partial charge in [-0.1, -0.05) is 0 Å². The normalized spacial score (nSPS) is 11.8. The van der Waals surface area contributed by atoms with Crippen LogP contribution in [0.5, 0.6) is 0 Å². The molecule has 0 aliphatic heterocycles. The first-order valence-electron chi connectivity index (χ1n) is 6.08. The minimum atomic E-state index is -0.807. The monoisotopic (exact) mass is 432 g/mol. The first-order chi connectivity index (χ1) is 10.5. The summed E-state index contributed by atoms with van der Waals surface area (Å²) in [5, 5.41) is 17.3. The number of ether oxygens (including phenoxy) is 1. The predicted octanol–water partition coefficient (Wildman–Crippen LogP) is 3.25. The second kappa shape index (κ2) is 7.50. The van der Waals surface area contributed by atoms with Crippen LogP contribution in [0.25, 0.3) is 0 Å². The van der Waals surface area contributed by atoms with E-state index in [0.717, 1.165) is 5.56 Å². The van der Waals surface area contributed by atoms with Crippen molar-refractivity contribution in [1.82, 2.24) is 10.2 Å². The number of amidine groups is 1. The van der Waals surface area contributed by atoms with Crippen molar-refractivity contribution >= 4 is 49.9 Å². The van der Waals surface area contributed by atoms with Crippen LogP contribution in [0.15, 0.2) is 33.5 Å². The number of rotatable bonds is 6. The quantitative estimate of drug-likeness (QED) is 0.370. The second-order valence-electron chi connectivity index (χ2n) is 4.31. The van der Waals surface area contributed by atoms with Gasteiger partial charge in [0, 0.05) is 21.6 Å². The molecule has 6 nitrogen and oxygen atoms in total. The molecule has 9 heteroatoms. The van der Waals surface area contributed by atoms with Crippen molar-refractivity contribution in [1.29, 1.82) is 5.41 Å². The molecule has 2 aromatic rings. The fraction of sp³-hybridized carbons (Fsp3) is 0.154. The van der Waals surface area contributed by atoms with E-state index in [4.69, 9.17) is 10.1 Å². The zero-order chi connectivity index (χ0) is 16.1. The van der Waals surface area contributed by atoms with Crippen molar-refractivity contribution in [2.45, 2.75) is 12.5 Å². The van der Waals surface area contributed by atoms with Gasteiger partial charge in [-0.25, -0.2) is 4.39 Å². The van der Waals surface area contributed by atoms with Crippen LogP contribution in [0.2, 0.25) is 0 Å². The molecule has 0 spiro atoms. The third kappa shape index (κ3) is 4.14. The van der Waals surface area contributed by atoms with Gasteiger partial charge in [-0.2, -0.15) is 5.10 Å². The number of anilines is 1. The molecule has 1 atom stereocenters. The van der Waals surface area contributed by atoms with Crippen LogP contribution in [0.1, 0.15) is 5.56 Å². The molecule has 0 aliphatic rings. The van der Waals surface area contributed by atoms with Gasteiger partial charge < -0.3 is 10.1 Å². The molecule has 0 saturated carbocycles. The van der Waals surface area contributed by atoms with E-state index < -0.39 is 11.9 Å². The number of aromatic amines is 1. The average Bonchev–Trinajstić information content (AvgIpc) is 2.95. The predicted molar refractivity (Wildman–Crippen MR) is 86.4 cm³/mol. The summed E-state index contributed by atoms with van der Waals surface area (Å²) in [5.41, 5.74) is 1.26. The van der Waals surface area contributed by atoms with Crippen LogP contribution >= 0.6 is 31.9 Å². The van der Waals surface area contributed by atoms with E-state index in [1.165, 1.54) is 12.1 Å². The van der Waals surface area contributed by atoms with Crippen LogP contribution < -0.4 is 5.32 Å². The Morgan fingerprint density at radius 3 is 2.73 bits per heavy atom. The van der Waals surface area contributed by atoms with Gasteiger partial charge in [-0.05, 0) is 49.6 Å². The van der Waals surface area contributed by atoms with Gasteiger partial charge in [0.15, 0.2) is 6.10 Å². The van der Waals surface area contributed by atoms with Crippen LogP contribution in [0.4, 0.5) is 10.1 Å². The molecule has 1 unspecified atom stereocenters. The highest BCUT2D eigenvalue weighted by molar-refractivity contribution is 9.11. The SMILES string of the molecule is N=C(Nc1c(Br)cc(F)cc1Br)C(Cc1cn[nH]c1)OC=O.